The number of aryl methyl sites for hydroxylation is 1. The normalized spacial score (nSPS) is 17.6. The molecule has 1 aliphatic carbocycles. The molecule has 1 fully saturated rings. The average molecular weight is 1020 g/mol. The number of carbonyl (C=O) groups is 2. The molecule has 4 aromatic heterocycles. The molecule has 384 valence electrons. The first-order valence-electron chi connectivity index (χ1n) is 25.1. The Hall–Kier alpha value is -8.99. The third-order valence-corrected chi connectivity index (χ3v) is 14.1. The molecule has 8 heterocycles. The minimum absolute atomic E-state index is 0. The van der Waals surface area contributed by atoms with Crippen molar-refractivity contribution in [3.8, 4) is 45.8 Å². The summed E-state index contributed by atoms with van der Waals surface area (Å²) in [5.74, 6) is 3.49. The van der Waals surface area contributed by atoms with Crippen molar-refractivity contribution < 1.29 is 23.5 Å². The Kier molecular flexibility index (Phi) is 12.8. The third kappa shape index (κ3) is 9.11. The highest BCUT2D eigenvalue weighted by molar-refractivity contribution is 6.20. The average Bonchev–Trinajstić information content (AvgIpc) is 4.30. The maximum absolute atomic E-state index is 13.6. The second kappa shape index (κ2) is 19.7. The number of amides is 2. The molecule has 76 heavy (non-hydrogen) atoms. The van der Waals surface area contributed by atoms with E-state index in [-0.39, 0.29) is 42.7 Å². The van der Waals surface area contributed by atoms with Crippen LogP contribution in [0.3, 0.4) is 0 Å². The topological polar surface area (TPSA) is 152 Å². The van der Waals surface area contributed by atoms with Crippen molar-refractivity contribution in [1.82, 2.24) is 39.3 Å². The smallest absolute Gasteiger partial charge is 0.269 e. The van der Waals surface area contributed by atoms with Crippen LogP contribution < -0.4 is 19.3 Å². The first-order valence-corrected chi connectivity index (χ1v) is 25.1. The number of rotatable bonds is 10. The maximum Gasteiger partial charge on any atom is 0.269 e. The van der Waals surface area contributed by atoms with Crippen LogP contribution in [0.25, 0.3) is 22.5 Å². The lowest BCUT2D eigenvalue weighted by atomic mass is 10.1. The van der Waals surface area contributed by atoms with Gasteiger partial charge in [0.05, 0.1) is 48.6 Å². The molecule has 5 aliphatic rings. The highest BCUT2D eigenvalue weighted by Crippen LogP contribution is 2.45. The van der Waals surface area contributed by atoms with Gasteiger partial charge in [-0.25, -0.2) is 23.7 Å². The number of aromatic nitrogens is 6. The molecule has 2 atom stereocenters. The van der Waals surface area contributed by atoms with E-state index in [4.69, 9.17) is 29.7 Å². The summed E-state index contributed by atoms with van der Waals surface area (Å²) in [5, 5.41) is 9.84. The van der Waals surface area contributed by atoms with E-state index < -0.39 is 0 Å². The van der Waals surface area contributed by atoms with Crippen molar-refractivity contribution in [1.29, 1.82) is 0 Å². The SMILES string of the molecule is C.CN1C(=O)c2c(nn(Cc3ccc(-c4ccccn4)cc3)c2Oc2ccc(F)cc2)N2C1=N[C@@H]1CCC[C@@H]12.Cc1cccc(-c2ccc(Cn3nc4c(c3Oc3ccccc3)C(=O)N(C)C3=NC(C)(C)CN34)cc2)n1. The molecule has 2 amide bonds. The molecule has 17 heteroatoms. The van der Waals surface area contributed by atoms with Crippen molar-refractivity contribution in [3.05, 3.63) is 179 Å². The van der Waals surface area contributed by atoms with Crippen LogP contribution in [0.2, 0.25) is 0 Å². The molecule has 0 unspecified atom stereocenters. The fourth-order valence-electron chi connectivity index (χ4n) is 10.4. The Morgan fingerprint density at radius 2 is 1.22 bits per heavy atom. The van der Waals surface area contributed by atoms with Gasteiger partial charge < -0.3 is 9.47 Å². The Bertz CT molecular complexity index is 3540. The van der Waals surface area contributed by atoms with Crippen molar-refractivity contribution in [2.45, 2.75) is 78.2 Å². The van der Waals surface area contributed by atoms with Gasteiger partial charge in [0.1, 0.15) is 28.4 Å². The summed E-state index contributed by atoms with van der Waals surface area (Å²) >= 11 is 0. The molecule has 16 nitrogen and oxygen atoms in total. The first-order chi connectivity index (χ1) is 36.4. The Morgan fingerprint density at radius 1 is 0.645 bits per heavy atom. The highest BCUT2D eigenvalue weighted by Gasteiger charge is 2.50. The van der Waals surface area contributed by atoms with Gasteiger partial charge in [-0.3, -0.25) is 39.2 Å². The number of nitrogens with zero attached hydrogens (tertiary/aromatic N) is 12. The first kappa shape index (κ1) is 49.2. The third-order valence-electron chi connectivity index (χ3n) is 14.1. The molecule has 0 bridgehead atoms. The van der Waals surface area contributed by atoms with Crippen LogP contribution in [0.4, 0.5) is 16.0 Å². The zero-order valence-corrected chi connectivity index (χ0v) is 42.1. The second-order valence-electron chi connectivity index (χ2n) is 20.0. The number of guanidine groups is 2. The fraction of sp³-hybridized carbons (Fsp3) is 0.254. The van der Waals surface area contributed by atoms with Gasteiger partial charge in [0.15, 0.2) is 11.6 Å². The van der Waals surface area contributed by atoms with E-state index in [1.807, 2.05) is 103 Å². The number of halogens is 1. The van der Waals surface area contributed by atoms with Gasteiger partial charge in [-0.2, -0.15) is 10.2 Å². The van der Waals surface area contributed by atoms with Gasteiger partial charge in [-0.05, 0) is 112 Å². The Balaban J connectivity index is 0.000000160. The zero-order chi connectivity index (χ0) is 51.5. The lowest BCUT2D eigenvalue weighted by Crippen LogP contribution is -2.51. The number of benzene rings is 4. The molecule has 0 radical (unpaired) electrons. The van der Waals surface area contributed by atoms with Gasteiger partial charge in [0.2, 0.25) is 23.7 Å². The predicted octanol–water partition coefficient (Wildman–Crippen LogP) is 10.9. The summed E-state index contributed by atoms with van der Waals surface area (Å²) in [7, 11) is 3.49. The quantitative estimate of drug-likeness (QED) is 0.129. The van der Waals surface area contributed by atoms with E-state index in [2.05, 4.69) is 53.0 Å². The van der Waals surface area contributed by atoms with Crippen molar-refractivity contribution >= 4 is 35.4 Å². The minimum Gasteiger partial charge on any atom is -0.438 e. The summed E-state index contributed by atoms with van der Waals surface area (Å²) in [6.45, 7) is 7.56. The molecular formula is C59H57FN12O4. The standard InChI is InChI=1S/C29H25FN6O2.C29H28N6O2.CH4/c1-34-27(37)25-26(36-24-7-4-6-23(24)32-29(34)36)33-35(28(25)38-21-14-12-20(30)13-15-21)17-18-8-10-19(11-9-18)22-5-2-3-16-31-22;1-19-9-8-12-23(30-19)21-15-13-20(14-16-21)17-35-27(37-22-10-6-5-7-11-22)24-25(32-35)34-18-29(2,3)31-28(34)33(4)26(24)36;/h2-3,5,8-16,23-24H,4,6-7,17H2,1H3;5-16H,17-18H2,1-4H3;1H4/t23-,24+;;/m1../s1. The van der Waals surface area contributed by atoms with Crippen molar-refractivity contribution in [3.63, 3.8) is 0 Å². The van der Waals surface area contributed by atoms with Crippen LogP contribution >= 0.6 is 0 Å². The maximum atomic E-state index is 13.6. The van der Waals surface area contributed by atoms with Crippen LogP contribution in [-0.4, -0.2) is 101 Å². The van der Waals surface area contributed by atoms with Crippen LogP contribution in [0.15, 0.2) is 156 Å². The number of anilines is 2. The lowest BCUT2D eigenvalue weighted by Gasteiger charge is -2.33. The zero-order valence-electron chi connectivity index (χ0n) is 42.1. The van der Waals surface area contributed by atoms with Gasteiger partial charge in [0, 0.05) is 37.1 Å². The number of carbonyl (C=O) groups excluding carboxylic acids is 2. The van der Waals surface area contributed by atoms with E-state index in [0.717, 1.165) is 58.6 Å². The van der Waals surface area contributed by atoms with Crippen LogP contribution in [-0.2, 0) is 13.1 Å². The lowest BCUT2D eigenvalue weighted by molar-refractivity contribution is 0.0854. The monoisotopic (exact) mass is 1020 g/mol. The highest BCUT2D eigenvalue weighted by atomic mass is 19.1. The molecular weight excluding hydrogens is 960 g/mol. The summed E-state index contributed by atoms with van der Waals surface area (Å²) in [6, 6.07) is 43.8. The summed E-state index contributed by atoms with van der Waals surface area (Å²) in [5.41, 5.74) is 7.42. The van der Waals surface area contributed by atoms with E-state index in [9.17, 15) is 14.0 Å². The molecule has 0 spiro atoms. The van der Waals surface area contributed by atoms with Crippen LogP contribution in [0.5, 0.6) is 23.3 Å². The Labute approximate surface area is 440 Å². The number of para-hydroxylation sites is 1. The fourth-order valence-corrected chi connectivity index (χ4v) is 10.4. The predicted molar refractivity (Wildman–Crippen MR) is 291 cm³/mol. The van der Waals surface area contributed by atoms with E-state index in [1.54, 1.807) is 51.6 Å². The molecule has 13 rings (SSSR count). The summed E-state index contributed by atoms with van der Waals surface area (Å²) in [6.07, 6.45) is 4.87. The largest absolute Gasteiger partial charge is 0.438 e. The number of hydrogen-bond acceptors (Lipinski definition) is 12. The second-order valence-corrected chi connectivity index (χ2v) is 20.0. The number of hydrogen-bond donors (Lipinski definition) is 0. The van der Waals surface area contributed by atoms with Crippen molar-refractivity contribution in [2.24, 2.45) is 9.98 Å². The molecule has 4 aromatic carbocycles. The summed E-state index contributed by atoms with van der Waals surface area (Å²) in [4.78, 5) is 53.2. The van der Waals surface area contributed by atoms with Gasteiger partial charge in [-0.15, -0.1) is 0 Å². The number of fused-ring (bicyclic) bond motifs is 8. The molecule has 0 saturated heterocycles. The molecule has 4 aliphatic heterocycles. The van der Waals surface area contributed by atoms with E-state index >= 15 is 0 Å². The van der Waals surface area contributed by atoms with E-state index in [0.29, 0.717) is 77.6 Å². The summed E-state index contributed by atoms with van der Waals surface area (Å²) < 4.78 is 29.7. The van der Waals surface area contributed by atoms with Crippen LogP contribution in [0.1, 0.15) is 78.1 Å². The van der Waals surface area contributed by atoms with Gasteiger partial charge in [-0.1, -0.05) is 86.3 Å². The number of pyridine rings is 2. The van der Waals surface area contributed by atoms with E-state index in [1.165, 1.54) is 12.1 Å². The van der Waals surface area contributed by atoms with Crippen LogP contribution in [0, 0.1) is 12.7 Å². The van der Waals surface area contributed by atoms with Gasteiger partial charge >= 0.3 is 0 Å². The van der Waals surface area contributed by atoms with Gasteiger partial charge in [0.25, 0.3) is 11.8 Å². The molecule has 1 saturated carbocycles. The number of ether oxygens (including phenoxy) is 2. The minimum atomic E-state index is -0.359. The molecule has 0 N–H and O–H groups in total. The number of aliphatic imine (C=N–C) groups is 2. The molecule has 8 aromatic rings. The van der Waals surface area contributed by atoms with Crippen molar-refractivity contribution in [2.75, 3.05) is 30.4 Å². The Morgan fingerprint density at radius 3 is 1.86 bits per heavy atom.